The van der Waals surface area contributed by atoms with Crippen molar-refractivity contribution in [2.75, 3.05) is 13.1 Å². The number of fused-ring (bicyclic) bond motifs is 1. The average Bonchev–Trinajstić information content (AvgIpc) is 2.87. The molecule has 2 aromatic rings. The molecule has 25 heavy (non-hydrogen) atoms. The topological polar surface area (TPSA) is 58.2 Å². The van der Waals surface area contributed by atoms with E-state index in [-0.39, 0.29) is 28.9 Å². The summed E-state index contributed by atoms with van der Waals surface area (Å²) in [6.45, 7) is 3.01. The number of piperidine rings is 1. The minimum Gasteiger partial charge on any atom is -0.389 e. The summed E-state index contributed by atoms with van der Waals surface area (Å²) in [5.41, 5.74) is -0.291. The van der Waals surface area contributed by atoms with Crippen LogP contribution >= 0.6 is 10.2 Å². The van der Waals surface area contributed by atoms with E-state index in [1.54, 1.807) is 0 Å². The van der Waals surface area contributed by atoms with E-state index in [0.717, 1.165) is 18.9 Å². The summed E-state index contributed by atoms with van der Waals surface area (Å²) in [7, 11) is -9.78. The van der Waals surface area contributed by atoms with Crippen LogP contribution < -0.4 is 4.74 Å². The van der Waals surface area contributed by atoms with Crippen molar-refractivity contribution in [1.82, 2.24) is 15.1 Å². The summed E-state index contributed by atoms with van der Waals surface area (Å²) in [4.78, 5) is 11.6. The van der Waals surface area contributed by atoms with Crippen molar-refractivity contribution in [1.29, 1.82) is 0 Å². The first-order valence-corrected chi connectivity index (χ1v) is 9.47. The molecule has 0 aliphatic carbocycles. The smallest absolute Gasteiger partial charge is 0.389 e. The first-order chi connectivity index (χ1) is 11.3. The van der Waals surface area contributed by atoms with Crippen LogP contribution in [0.25, 0.3) is 10.9 Å². The zero-order chi connectivity index (χ0) is 18.5. The van der Waals surface area contributed by atoms with Crippen LogP contribution in [-0.4, -0.2) is 34.3 Å². The lowest BCUT2D eigenvalue weighted by molar-refractivity contribution is 0.128. The van der Waals surface area contributed by atoms with Gasteiger partial charge in [0, 0.05) is 13.1 Å². The molecular weight excluding hydrogens is 369 g/mol. The first-order valence-electron chi connectivity index (χ1n) is 7.52. The molecule has 1 fully saturated rings. The molecule has 1 aromatic heterocycles. The predicted molar refractivity (Wildman–Crippen MR) is 83.5 cm³/mol. The first kappa shape index (κ1) is 17.8. The highest BCUT2D eigenvalue weighted by Crippen LogP contribution is 3.02. The molecule has 0 spiro atoms. The minimum atomic E-state index is -9.78. The highest BCUT2D eigenvalue weighted by Gasteiger charge is 2.65. The number of nitrogens with one attached hydrogen (secondary N) is 1. The Kier molecular flexibility index (Phi) is 3.55. The van der Waals surface area contributed by atoms with Crippen molar-refractivity contribution in [3.63, 3.8) is 0 Å². The normalized spacial score (nSPS) is 21.7. The molecule has 1 amide bonds. The number of carbonyl (C=O) groups is 1. The standard InChI is InChI=1S/C14H16F5N3O2S/c1-9-3-2-6-22(8-9)14(23)24-13-11-5-4-10(7-12(11)20-21-13)25(15,16,17,18)19/h4-5,7,9H,2-3,6,8H2,1H3,(H,20,21). The van der Waals surface area contributed by atoms with E-state index in [2.05, 4.69) is 10.2 Å². The second-order valence-electron chi connectivity index (χ2n) is 6.27. The van der Waals surface area contributed by atoms with Crippen molar-refractivity contribution < 1.29 is 29.0 Å². The number of rotatable bonds is 2. The Balaban J connectivity index is 1.86. The number of carbonyl (C=O) groups excluding carboxylic acids is 1. The van der Waals surface area contributed by atoms with E-state index in [9.17, 15) is 24.2 Å². The van der Waals surface area contributed by atoms with Gasteiger partial charge in [-0.2, -0.15) is 0 Å². The van der Waals surface area contributed by atoms with Gasteiger partial charge in [-0.05, 0) is 37.0 Å². The third kappa shape index (κ3) is 3.80. The lowest BCUT2D eigenvalue weighted by atomic mass is 10.0. The van der Waals surface area contributed by atoms with Crippen molar-refractivity contribution in [3.05, 3.63) is 18.2 Å². The average molecular weight is 385 g/mol. The Labute approximate surface area is 139 Å². The molecule has 1 aromatic carbocycles. The van der Waals surface area contributed by atoms with Gasteiger partial charge < -0.3 is 9.64 Å². The third-order valence-electron chi connectivity index (χ3n) is 4.04. The number of ether oxygens (including phenoxy) is 1. The number of hydrogen-bond donors (Lipinski definition) is 1. The minimum absolute atomic E-state index is 0.0176. The lowest BCUT2D eigenvalue weighted by Gasteiger charge is -2.40. The number of aromatic nitrogens is 2. The Morgan fingerprint density at radius 2 is 2.04 bits per heavy atom. The number of hydrogen-bond acceptors (Lipinski definition) is 3. The Bertz CT molecular complexity index is 836. The fraction of sp³-hybridized carbons (Fsp3) is 0.429. The summed E-state index contributed by atoms with van der Waals surface area (Å²) >= 11 is 0. The highest BCUT2D eigenvalue weighted by atomic mass is 32.5. The fourth-order valence-electron chi connectivity index (χ4n) is 2.79. The van der Waals surface area contributed by atoms with Gasteiger partial charge in [0.2, 0.25) is 0 Å². The van der Waals surface area contributed by atoms with Gasteiger partial charge >= 0.3 is 16.3 Å². The van der Waals surface area contributed by atoms with Crippen LogP contribution in [-0.2, 0) is 0 Å². The van der Waals surface area contributed by atoms with Crippen LogP contribution in [0.1, 0.15) is 19.8 Å². The molecule has 140 valence electrons. The quantitative estimate of drug-likeness (QED) is 0.699. The molecular formula is C14H16F5N3O2S. The van der Waals surface area contributed by atoms with E-state index >= 15 is 0 Å². The SMILES string of the molecule is CC1CCCN(C(=O)Oc2n[nH]c3cc(S(F)(F)(F)(F)F)ccc23)C1. The number of benzene rings is 1. The maximum Gasteiger partial charge on any atom is 0.416 e. The zero-order valence-corrected chi connectivity index (χ0v) is 14.0. The van der Waals surface area contributed by atoms with Gasteiger partial charge in [0.05, 0.1) is 10.9 Å². The highest BCUT2D eigenvalue weighted by molar-refractivity contribution is 8.45. The fourth-order valence-corrected chi connectivity index (χ4v) is 3.46. The number of amides is 1. The molecule has 1 unspecified atom stereocenters. The molecule has 3 rings (SSSR count). The number of likely N-dealkylation sites (tertiary alicyclic amines) is 1. The molecule has 1 atom stereocenters. The van der Waals surface area contributed by atoms with Crippen LogP contribution in [0.15, 0.2) is 23.1 Å². The summed E-state index contributed by atoms with van der Waals surface area (Å²) in [5, 5.41) is 5.83. The zero-order valence-electron chi connectivity index (χ0n) is 13.1. The molecule has 1 saturated heterocycles. The van der Waals surface area contributed by atoms with E-state index in [4.69, 9.17) is 4.74 Å². The molecule has 11 heteroatoms. The molecule has 0 radical (unpaired) electrons. The van der Waals surface area contributed by atoms with Gasteiger partial charge in [-0.25, -0.2) is 4.79 Å². The van der Waals surface area contributed by atoms with Gasteiger partial charge in [0.15, 0.2) is 0 Å². The van der Waals surface area contributed by atoms with Crippen LogP contribution in [0.3, 0.4) is 0 Å². The summed E-state index contributed by atoms with van der Waals surface area (Å²) in [6, 6.07) is 1.34. The molecule has 1 aliphatic rings. The van der Waals surface area contributed by atoms with E-state index in [0.29, 0.717) is 19.0 Å². The van der Waals surface area contributed by atoms with Gasteiger partial charge in [0.1, 0.15) is 4.90 Å². The van der Waals surface area contributed by atoms with E-state index < -0.39 is 21.2 Å². The van der Waals surface area contributed by atoms with E-state index in [1.807, 2.05) is 6.92 Å². The number of H-pyrrole nitrogens is 1. The Morgan fingerprint density at radius 1 is 1.32 bits per heavy atom. The van der Waals surface area contributed by atoms with Crippen LogP contribution in [0.4, 0.5) is 24.2 Å². The largest absolute Gasteiger partial charge is 0.416 e. The predicted octanol–water partition coefficient (Wildman–Crippen LogP) is 5.45. The van der Waals surface area contributed by atoms with Crippen LogP contribution in [0, 0.1) is 5.92 Å². The maximum atomic E-state index is 12.8. The van der Waals surface area contributed by atoms with Gasteiger partial charge in [-0.15, -0.1) is 5.10 Å². The molecule has 1 aliphatic heterocycles. The van der Waals surface area contributed by atoms with Gasteiger partial charge in [-0.3, -0.25) is 5.10 Å². The third-order valence-corrected chi connectivity index (χ3v) is 5.19. The van der Waals surface area contributed by atoms with Crippen molar-refractivity contribution >= 4 is 27.2 Å². The molecule has 0 saturated carbocycles. The molecule has 1 N–H and O–H groups in total. The van der Waals surface area contributed by atoms with Crippen LogP contribution in [0.5, 0.6) is 5.88 Å². The van der Waals surface area contributed by atoms with E-state index in [1.165, 1.54) is 4.90 Å². The van der Waals surface area contributed by atoms with Crippen LogP contribution in [0.2, 0.25) is 0 Å². The van der Waals surface area contributed by atoms with Crippen molar-refractivity contribution in [2.24, 2.45) is 5.92 Å². The number of nitrogens with zero attached hydrogens (tertiary/aromatic N) is 2. The number of halogens is 5. The Hall–Kier alpha value is -2.04. The van der Waals surface area contributed by atoms with Crippen molar-refractivity contribution in [2.45, 2.75) is 24.7 Å². The van der Waals surface area contributed by atoms with Gasteiger partial charge in [-0.1, -0.05) is 26.4 Å². The summed E-state index contributed by atoms with van der Waals surface area (Å²) in [5.74, 6) is 0.0733. The number of aromatic amines is 1. The Morgan fingerprint density at radius 3 is 2.68 bits per heavy atom. The monoisotopic (exact) mass is 385 g/mol. The molecule has 0 bridgehead atoms. The second kappa shape index (κ2) is 4.99. The second-order valence-corrected chi connectivity index (χ2v) is 8.68. The summed E-state index contributed by atoms with van der Waals surface area (Å²) in [6.07, 6.45) is 1.15. The maximum absolute atomic E-state index is 12.8. The van der Waals surface area contributed by atoms with Gasteiger partial charge in [0.25, 0.3) is 5.88 Å². The molecule has 2 heterocycles. The summed E-state index contributed by atoms with van der Waals surface area (Å²) < 4.78 is 69.3. The molecule has 5 nitrogen and oxygen atoms in total. The lowest BCUT2D eigenvalue weighted by Crippen LogP contribution is -2.40. The van der Waals surface area contributed by atoms with Crippen molar-refractivity contribution in [3.8, 4) is 5.88 Å².